The first kappa shape index (κ1) is 16.2. The third-order valence-corrected chi connectivity index (χ3v) is 3.86. The summed E-state index contributed by atoms with van der Waals surface area (Å²) in [4.78, 5) is 27.8. The number of hydrogen-bond donors (Lipinski definition) is 2. The van der Waals surface area contributed by atoms with Gasteiger partial charge in [-0.05, 0) is 25.9 Å². The molecule has 21 heavy (non-hydrogen) atoms. The average Bonchev–Trinajstić information content (AvgIpc) is 2.81. The van der Waals surface area contributed by atoms with Crippen LogP contribution < -0.4 is 10.6 Å². The van der Waals surface area contributed by atoms with E-state index in [-0.39, 0.29) is 0 Å². The third kappa shape index (κ3) is 5.61. The molecule has 0 saturated carbocycles. The fourth-order valence-electron chi connectivity index (χ4n) is 2.60. The van der Waals surface area contributed by atoms with E-state index in [4.69, 9.17) is 4.74 Å². The summed E-state index contributed by atoms with van der Waals surface area (Å²) in [6, 6.07) is 0. The largest absolute Gasteiger partial charge is 0.379 e. The zero-order chi connectivity index (χ0) is 14.9. The van der Waals surface area contributed by atoms with Gasteiger partial charge in [-0.15, -0.1) is 0 Å². The highest BCUT2D eigenvalue weighted by molar-refractivity contribution is 6.35. The molecule has 0 bridgehead atoms. The standard InChI is InChI=1S/C14H26N4O3/c19-13(14(20)18-7-1-3-15-5-8-18)16-4-2-6-17-9-11-21-12-10-17/h15H,1-12H2,(H,16,19). The van der Waals surface area contributed by atoms with Crippen LogP contribution in [0, 0.1) is 0 Å². The van der Waals surface area contributed by atoms with Crippen molar-refractivity contribution in [3.8, 4) is 0 Å². The Bertz CT molecular complexity index is 337. The normalized spacial score (nSPS) is 20.9. The van der Waals surface area contributed by atoms with Crippen molar-refractivity contribution in [2.24, 2.45) is 0 Å². The molecule has 0 aromatic heterocycles. The molecule has 0 aliphatic carbocycles. The van der Waals surface area contributed by atoms with E-state index in [1.807, 2.05) is 0 Å². The summed E-state index contributed by atoms with van der Waals surface area (Å²) in [5.74, 6) is -0.871. The Morgan fingerprint density at radius 2 is 1.90 bits per heavy atom. The van der Waals surface area contributed by atoms with Crippen molar-refractivity contribution in [3.63, 3.8) is 0 Å². The fraction of sp³-hybridized carbons (Fsp3) is 0.857. The van der Waals surface area contributed by atoms with Crippen LogP contribution in [0.25, 0.3) is 0 Å². The number of ether oxygens (including phenoxy) is 1. The molecular formula is C14H26N4O3. The predicted molar refractivity (Wildman–Crippen MR) is 79.0 cm³/mol. The van der Waals surface area contributed by atoms with E-state index in [0.29, 0.717) is 19.6 Å². The van der Waals surface area contributed by atoms with Crippen LogP contribution in [0.15, 0.2) is 0 Å². The maximum absolute atomic E-state index is 12.0. The second kappa shape index (κ2) is 8.96. The Hall–Kier alpha value is -1.18. The molecule has 0 aromatic rings. The molecule has 2 rings (SSSR count). The Kier molecular flexibility index (Phi) is 6.91. The average molecular weight is 298 g/mol. The molecule has 0 radical (unpaired) electrons. The number of morpholine rings is 1. The highest BCUT2D eigenvalue weighted by atomic mass is 16.5. The molecule has 2 aliphatic heterocycles. The van der Waals surface area contributed by atoms with Crippen molar-refractivity contribution in [1.29, 1.82) is 0 Å². The molecular weight excluding hydrogens is 272 g/mol. The second-order valence-electron chi connectivity index (χ2n) is 5.46. The third-order valence-electron chi connectivity index (χ3n) is 3.86. The Morgan fingerprint density at radius 1 is 1.10 bits per heavy atom. The molecule has 2 amide bonds. The van der Waals surface area contributed by atoms with Gasteiger partial charge in [0, 0.05) is 39.3 Å². The van der Waals surface area contributed by atoms with Crippen LogP contribution in [0.4, 0.5) is 0 Å². The van der Waals surface area contributed by atoms with Crippen molar-refractivity contribution in [1.82, 2.24) is 20.4 Å². The van der Waals surface area contributed by atoms with E-state index in [2.05, 4.69) is 15.5 Å². The van der Waals surface area contributed by atoms with Crippen LogP contribution in [0.3, 0.4) is 0 Å². The van der Waals surface area contributed by atoms with Gasteiger partial charge in [0.05, 0.1) is 13.2 Å². The lowest BCUT2D eigenvalue weighted by Gasteiger charge is -2.26. The summed E-state index contributed by atoms with van der Waals surface area (Å²) >= 11 is 0. The fourth-order valence-corrected chi connectivity index (χ4v) is 2.60. The van der Waals surface area contributed by atoms with Gasteiger partial charge in [-0.3, -0.25) is 14.5 Å². The summed E-state index contributed by atoms with van der Waals surface area (Å²) in [6.07, 6.45) is 1.76. The number of rotatable bonds is 4. The molecule has 0 atom stereocenters. The zero-order valence-electron chi connectivity index (χ0n) is 12.6. The molecule has 2 fully saturated rings. The SMILES string of the molecule is O=C(NCCCN1CCOCC1)C(=O)N1CCCNCC1. The lowest BCUT2D eigenvalue weighted by molar-refractivity contribution is -0.145. The summed E-state index contributed by atoms with van der Waals surface area (Å²) < 4.78 is 5.29. The highest BCUT2D eigenvalue weighted by Gasteiger charge is 2.22. The maximum Gasteiger partial charge on any atom is 0.311 e. The molecule has 0 spiro atoms. The van der Waals surface area contributed by atoms with Gasteiger partial charge in [0.25, 0.3) is 0 Å². The van der Waals surface area contributed by atoms with Gasteiger partial charge in [0.2, 0.25) is 0 Å². The summed E-state index contributed by atoms with van der Waals surface area (Å²) in [5, 5.41) is 5.95. The molecule has 2 saturated heterocycles. The van der Waals surface area contributed by atoms with Crippen molar-refractivity contribution in [2.75, 3.05) is 65.6 Å². The van der Waals surface area contributed by atoms with Crippen LogP contribution in [-0.2, 0) is 14.3 Å². The van der Waals surface area contributed by atoms with E-state index >= 15 is 0 Å². The Labute approximate surface area is 126 Å². The molecule has 7 heteroatoms. The minimum Gasteiger partial charge on any atom is -0.379 e. The van der Waals surface area contributed by atoms with E-state index < -0.39 is 11.8 Å². The molecule has 7 nitrogen and oxygen atoms in total. The number of nitrogens with one attached hydrogen (secondary N) is 2. The molecule has 2 heterocycles. The van der Waals surface area contributed by atoms with Gasteiger partial charge >= 0.3 is 11.8 Å². The minimum atomic E-state index is -0.473. The van der Waals surface area contributed by atoms with Gasteiger partial charge < -0.3 is 20.3 Å². The van der Waals surface area contributed by atoms with E-state index in [1.54, 1.807) is 4.90 Å². The predicted octanol–water partition coefficient (Wildman–Crippen LogP) is -1.35. The number of carbonyl (C=O) groups excluding carboxylic acids is 2. The number of amides is 2. The number of hydrogen-bond acceptors (Lipinski definition) is 5. The summed E-state index contributed by atoms with van der Waals surface area (Å²) in [7, 11) is 0. The smallest absolute Gasteiger partial charge is 0.311 e. The lowest BCUT2D eigenvalue weighted by atomic mass is 10.3. The van der Waals surface area contributed by atoms with Gasteiger partial charge in [-0.2, -0.15) is 0 Å². The highest BCUT2D eigenvalue weighted by Crippen LogP contribution is 1.98. The van der Waals surface area contributed by atoms with Crippen LogP contribution in [0.2, 0.25) is 0 Å². The number of nitrogens with zero attached hydrogens (tertiary/aromatic N) is 2. The van der Waals surface area contributed by atoms with Crippen LogP contribution in [-0.4, -0.2) is 87.2 Å². The van der Waals surface area contributed by atoms with Gasteiger partial charge in [-0.1, -0.05) is 0 Å². The van der Waals surface area contributed by atoms with Crippen LogP contribution >= 0.6 is 0 Å². The molecule has 2 aliphatic rings. The Balaban J connectivity index is 1.60. The van der Waals surface area contributed by atoms with Crippen LogP contribution in [0.5, 0.6) is 0 Å². The van der Waals surface area contributed by atoms with E-state index in [0.717, 1.165) is 58.8 Å². The first-order valence-electron chi connectivity index (χ1n) is 7.85. The van der Waals surface area contributed by atoms with Gasteiger partial charge in [0.1, 0.15) is 0 Å². The second-order valence-corrected chi connectivity index (χ2v) is 5.46. The van der Waals surface area contributed by atoms with Gasteiger partial charge in [-0.25, -0.2) is 0 Å². The van der Waals surface area contributed by atoms with Gasteiger partial charge in [0.15, 0.2) is 0 Å². The maximum atomic E-state index is 12.0. The van der Waals surface area contributed by atoms with Crippen LogP contribution in [0.1, 0.15) is 12.8 Å². The molecule has 120 valence electrons. The van der Waals surface area contributed by atoms with Crippen molar-refractivity contribution < 1.29 is 14.3 Å². The lowest BCUT2D eigenvalue weighted by Crippen LogP contribution is -2.45. The Morgan fingerprint density at radius 3 is 2.71 bits per heavy atom. The molecule has 2 N–H and O–H groups in total. The van der Waals surface area contributed by atoms with Crippen molar-refractivity contribution >= 4 is 11.8 Å². The first-order chi connectivity index (χ1) is 10.3. The summed E-state index contributed by atoms with van der Waals surface area (Å²) in [6.45, 7) is 7.90. The quantitative estimate of drug-likeness (QED) is 0.496. The number of carbonyl (C=O) groups is 2. The van der Waals surface area contributed by atoms with Crippen molar-refractivity contribution in [3.05, 3.63) is 0 Å². The van der Waals surface area contributed by atoms with Crippen molar-refractivity contribution in [2.45, 2.75) is 12.8 Å². The zero-order valence-corrected chi connectivity index (χ0v) is 12.6. The first-order valence-corrected chi connectivity index (χ1v) is 7.85. The van der Waals surface area contributed by atoms with E-state index in [1.165, 1.54) is 0 Å². The topological polar surface area (TPSA) is 73.9 Å². The molecule has 0 aromatic carbocycles. The monoisotopic (exact) mass is 298 g/mol. The van der Waals surface area contributed by atoms with E-state index in [9.17, 15) is 9.59 Å². The summed E-state index contributed by atoms with van der Waals surface area (Å²) in [5.41, 5.74) is 0. The molecule has 0 unspecified atom stereocenters. The minimum absolute atomic E-state index is 0.398.